The molecule has 2 aliphatic rings. The number of aliphatic imine (C=N–C) groups is 1. The molecule has 0 aliphatic carbocycles. The van der Waals surface area contributed by atoms with Crippen LogP contribution in [0.15, 0.2) is 22.1 Å². The number of allylic oxidation sites excluding steroid dienone is 1. The van der Waals surface area contributed by atoms with Gasteiger partial charge in [0.1, 0.15) is 0 Å². The van der Waals surface area contributed by atoms with E-state index in [0.717, 1.165) is 5.76 Å². The van der Waals surface area contributed by atoms with E-state index in [1.54, 1.807) is 18.6 Å². The van der Waals surface area contributed by atoms with Crippen molar-refractivity contribution >= 4 is 12.4 Å². The van der Waals surface area contributed by atoms with Crippen molar-refractivity contribution in [1.29, 1.82) is 0 Å². The van der Waals surface area contributed by atoms with Gasteiger partial charge in [0.2, 0.25) is 0 Å². The van der Waals surface area contributed by atoms with Gasteiger partial charge in [0.15, 0.2) is 5.76 Å². The second-order valence-corrected chi connectivity index (χ2v) is 1.70. The lowest BCUT2D eigenvalue weighted by atomic mass is 10.2. The van der Waals surface area contributed by atoms with E-state index in [9.17, 15) is 0 Å². The summed E-state index contributed by atoms with van der Waals surface area (Å²) in [6, 6.07) is 0. The molecule has 0 saturated carbocycles. The van der Waals surface area contributed by atoms with Gasteiger partial charge in [-0.2, -0.15) is 0 Å². The van der Waals surface area contributed by atoms with Gasteiger partial charge >= 0.3 is 0 Å². The van der Waals surface area contributed by atoms with Crippen LogP contribution in [0.1, 0.15) is 0 Å². The largest absolute Gasteiger partial charge is 0.359 e. The molecule has 0 aromatic carbocycles. The summed E-state index contributed by atoms with van der Waals surface area (Å²) in [7, 11) is 0. The second-order valence-electron chi connectivity index (χ2n) is 1.70. The molecule has 0 amide bonds. The third-order valence-electron chi connectivity index (χ3n) is 1.16. The minimum absolute atomic E-state index is 0.231. The fraction of sp³-hybridized carbons (Fsp3) is 0.200. The molecule has 0 aromatic heterocycles. The molecule has 8 heavy (non-hydrogen) atoms. The zero-order valence-electron chi connectivity index (χ0n) is 4.11. The quantitative estimate of drug-likeness (QED) is 0.446. The molecule has 2 heterocycles. The van der Waals surface area contributed by atoms with Crippen molar-refractivity contribution in [2.75, 3.05) is 0 Å². The smallest absolute Gasteiger partial charge is 0.167 e. The van der Waals surface area contributed by atoms with Crippen molar-refractivity contribution < 1.29 is 4.84 Å². The summed E-state index contributed by atoms with van der Waals surface area (Å²) in [5, 5.41) is 3.58. The zero-order chi connectivity index (χ0) is 5.40. The first-order valence-corrected chi connectivity index (χ1v) is 2.41. The Balaban J connectivity index is 2.39. The van der Waals surface area contributed by atoms with Crippen LogP contribution in [-0.2, 0) is 4.84 Å². The standard InChI is InChI=1S/C5H4N2O/c1-4-2-7-8-5(4)3-6-1/h1-4H. The van der Waals surface area contributed by atoms with Crippen molar-refractivity contribution in [3.63, 3.8) is 0 Å². The molecule has 1 atom stereocenters. The molecule has 0 bridgehead atoms. The van der Waals surface area contributed by atoms with Crippen LogP contribution in [0.5, 0.6) is 0 Å². The highest BCUT2D eigenvalue weighted by Crippen LogP contribution is 2.19. The van der Waals surface area contributed by atoms with Crippen LogP contribution in [0.4, 0.5) is 0 Å². The van der Waals surface area contributed by atoms with E-state index >= 15 is 0 Å². The van der Waals surface area contributed by atoms with Crippen molar-refractivity contribution in [3.8, 4) is 0 Å². The minimum Gasteiger partial charge on any atom is -0.359 e. The molecule has 3 heteroatoms. The van der Waals surface area contributed by atoms with Crippen LogP contribution >= 0.6 is 0 Å². The van der Waals surface area contributed by atoms with Gasteiger partial charge < -0.3 is 4.84 Å². The van der Waals surface area contributed by atoms with E-state index in [1.165, 1.54) is 0 Å². The first kappa shape index (κ1) is 3.83. The highest BCUT2D eigenvalue weighted by molar-refractivity contribution is 5.89. The third-order valence-corrected chi connectivity index (χ3v) is 1.16. The van der Waals surface area contributed by atoms with Crippen LogP contribution in [-0.4, -0.2) is 12.4 Å². The Morgan fingerprint density at radius 1 is 1.50 bits per heavy atom. The highest BCUT2D eigenvalue weighted by Gasteiger charge is 2.20. The minimum atomic E-state index is 0.231. The van der Waals surface area contributed by atoms with Crippen molar-refractivity contribution in [2.45, 2.75) is 0 Å². The van der Waals surface area contributed by atoms with Crippen LogP contribution in [0.25, 0.3) is 0 Å². The summed E-state index contributed by atoms with van der Waals surface area (Å²) >= 11 is 0. The summed E-state index contributed by atoms with van der Waals surface area (Å²) < 4.78 is 0. The predicted molar refractivity (Wildman–Crippen MR) is 29.6 cm³/mol. The zero-order valence-corrected chi connectivity index (χ0v) is 4.11. The van der Waals surface area contributed by atoms with Crippen LogP contribution in [0.3, 0.4) is 0 Å². The van der Waals surface area contributed by atoms with E-state index in [2.05, 4.69) is 10.1 Å². The Morgan fingerprint density at radius 2 is 2.50 bits per heavy atom. The van der Waals surface area contributed by atoms with Gasteiger partial charge in [0, 0.05) is 6.21 Å². The molecular formula is C5H4N2O. The number of fused-ring (bicyclic) bond motifs is 1. The maximum Gasteiger partial charge on any atom is 0.167 e. The van der Waals surface area contributed by atoms with Gasteiger partial charge in [-0.25, -0.2) is 0 Å². The molecule has 0 N–H and O–H groups in total. The number of oxime groups is 1. The lowest BCUT2D eigenvalue weighted by Gasteiger charge is -1.89. The topological polar surface area (TPSA) is 34.0 Å². The average Bonchev–Trinajstić information content (AvgIpc) is 2.15. The van der Waals surface area contributed by atoms with E-state index in [0.29, 0.717) is 0 Å². The van der Waals surface area contributed by atoms with Crippen LogP contribution < -0.4 is 0 Å². The Labute approximate surface area is 46.4 Å². The maximum absolute atomic E-state index is 4.78. The predicted octanol–water partition coefficient (Wildman–Crippen LogP) is 0.544. The third kappa shape index (κ3) is 0.332. The van der Waals surface area contributed by atoms with Gasteiger partial charge in [-0.15, -0.1) is 0 Å². The number of hydrogen-bond donors (Lipinski definition) is 0. The molecule has 0 spiro atoms. The summed E-state index contributed by atoms with van der Waals surface area (Å²) in [5.74, 6) is 1.07. The van der Waals surface area contributed by atoms with Crippen LogP contribution in [0.2, 0.25) is 0 Å². The molecule has 0 radical (unpaired) electrons. The SMILES string of the molecule is C1=NC=C2ON=CC12. The number of rotatable bonds is 0. The van der Waals surface area contributed by atoms with Gasteiger partial charge in [0.25, 0.3) is 0 Å². The Hall–Kier alpha value is -1.12. The van der Waals surface area contributed by atoms with Crippen molar-refractivity contribution in [1.82, 2.24) is 0 Å². The van der Waals surface area contributed by atoms with E-state index in [4.69, 9.17) is 4.84 Å². The van der Waals surface area contributed by atoms with Gasteiger partial charge in [-0.1, -0.05) is 5.16 Å². The first-order valence-electron chi connectivity index (χ1n) is 2.41. The molecule has 40 valence electrons. The first-order chi connectivity index (χ1) is 3.97. The molecule has 1 unspecified atom stereocenters. The summed E-state index contributed by atoms with van der Waals surface area (Å²) in [5.41, 5.74) is 0. The second kappa shape index (κ2) is 1.18. The summed E-state index contributed by atoms with van der Waals surface area (Å²) in [6.45, 7) is 0. The molecule has 2 rings (SSSR count). The van der Waals surface area contributed by atoms with E-state index in [1.807, 2.05) is 0 Å². The lowest BCUT2D eigenvalue weighted by molar-refractivity contribution is 0.240. The van der Waals surface area contributed by atoms with Gasteiger partial charge in [-0.3, -0.25) is 4.99 Å². The van der Waals surface area contributed by atoms with Crippen molar-refractivity contribution in [3.05, 3.63) is 12.0 Å². The average molecular weight is 108 g/mol. The fourth-order valence-corrected chi connectivity index (χ4v) is 0.722. The monoisotopic (exact) mass is 108 g/mol. The number of nitrogens with zero attached hydrogens (tertiary/aromatic N) is 2. The molecule has 3 nitrogen and oxygen atoms in total. The molecule has 0 aromatic rings. The number of hydrogen-bond acceptors (Lipinski definition) is 3. The molecule has 0 saturated heterocycles. The van der Waals surface area contributed by atoms with Gasteiger partial charge in [0.05, 0.1) is 18.3 Å². The maximum atomic E-state index is 4.78. The molecular weight excluding hydrogens is 104 g/mol. The van der Waals surface area contributed by atoms with Crippen molar-refractivity contribution in [2.24, 2.45) is 16.1 Å². The Bertz CT molecular complexity index is 193. The summed E-state index contributed by atoms with van der Waals surface area (Å²) in [4.78, 5) is 8.65. The lowest BCUT2D eigenvalue weighted by Crippen LogP contribution is -1.96. The van der Waals surface area contributed by atoms with Crippen LogP contribution in [0, 0.1) is 5.92 Å². The molecule has 0 fully saturated rings. The summed E-state index contributed by atoms with van der Waals surface area (Å²) in [6.07, 6.45) is 5.20. The van der Waals surface area contributed by atoms with E-state index < -0.39 is 0 Å². The normalized spacial score (nSPS) is 30.0. The van der Waals surface area contributed by atoms with Gasteiger partial charge in [-0.05, 0) is 0 Å². The van der Waals surface area contributed by atoms with E-state index in [-0.39, 0.29) is 5.92 Å². The highest BCUT2D eigenvalue weighted by atomic mass is 16.6. The Kier molecular flexibility index (Phi) is 0.566. The molecule has 2 aliphatic heterocycles. The fourth-order valence-electron chi connectivity index (χ4n) is 0.722. The Morgan fingerprint density at radius 3 is 3.38 bits per heavy atom.